The quantitative estimate of drug-likeness (QED) is 0.776. The highest BCUT2D eigenvalue weighted by Gasteiger charge is 2.56. The van der Waals surface area contributed by atoms with Crippen LogP contribution in [0.1, 0.15) is 35.5 Å². The highest BCUT2D eigenvalue weighted by molar-refractivity contribution is 7.12. The normalized spacial score (nSPS) is 25.0. The summed E-state index contributed by atoms with van der Waals surface area (Å²) in [7, 11) is 0. The second-order valence-electron chi connectivity index (χ2n) is 6.95. The number of hydrogen-bond acceptors (Lipinski definition) is 5. The van der Waals surface area contributed by atoms with Gasteiger partial charge >= 0.3 is 0 Å². The first-order valence-corrected chi connectivity index (χ1v) is 9.56. The fourth-order valence-corrected chi connectivity index (χ4v) is 4.42. The molecule has 6 nitrogen and oxygen atoms in total. The molecule has 136 valence electrons. The smallest absolute Gasteiger partial charge is 0.230 e. The number of likely N-dealkylation sites (tertiary alicyclic amines) is 1. The number of hydrogen-bond donors (Lipinski definition) is 1. The van der Waals surface area contributed by atoms with E-state index in [1.807, 2.05) is 12.3 Å². The number of carbonyl (C=O) groups is 3. The Hall–Kier alpha value is -1.73. The first-order valence-electron chi connectivity index (χ1n) is 8.68. The van der Waals surface area contributed by atoms with Gasteiger partial charge < -0.3 is 15.0 Å². The predicted molar refractivity (Wildman–Crippen MR) is 94.7 cm³/mol. The molecule has 2 atom stereocenters. The monoisotopic (exact) mass is 364 g/mol. The zero-order valence-electron chi connectivity index (χ0n) is 14.7. The van der Waals surface area contributed by atoms with Gasteiger partial charge in [0.2, 0.25) is 11.8 Å². The maximum absolute atomic E-state index is 12.7. The van der Waals surface area contributed by atoms with Gasteiger partial charge in [-0.05, 0) is 30.4 Å². The Kier molecular flexibility index (Phi) is 5.24. The minimum absolute atomic E-state index is 0.00143. The molecule has 2 fully saturated rings. The second kappa shape index (κ2) is 7.25. The first kappa shape index (κ1) is 18.1. The molecule has 2 aliphatic rings. The van der Waals surface area contributed by atoms with Crippen molar-refractivity contribution >= 4 is 28.9 Å². The number of thiophene rings is 1. The molecule has 7 heteroatoms. The molecule has 0 radical (unpaired) electrons. The maximum atomic E-state index is 12.7. The van der Waals surface area contributed by atoms with Crippen LogP contribution in [0.25, 0.3) is 0 Å². The van der Waals surface area contributed by atoms with Crippen molar-refractivity contribution in [2.45, 2.75) is 26.7 Å². The van der Waals surface area contributed by atoms with Crippen LogP contribution in [0.15, 0.2) is 11.4 Å². The zero-order chi connectivity index (χ0) is 18.0. The van der Waals surface area contributed by atoms with Crippen molar-refractivity contribution in [1.82, 2.24) is 10.2 Å². The third kappa shape index (κ3) is 3.48. The van der Waals surface area contributed by atoms with E-state index in [4.69, 9.17) is 4.74 Å². The Morgan fingerprint density at radius 2 is 2.24 bits per heavy atom. The summed E-state index contributed by atoms with van der Waals surface area (Å²) in [6, 6.07) is 1.79. The molecule has 0 aromatic carbocycles. The maximum Gasteiger partial charge on any atom is 0.230 e. The Balaban J connectivity index is 1.66. The number of ketones is 1. The van der Waals surface area contributed by atoms with Crippen molar-refractivity contribution in [1.29, 1.82) is 0 Å². The number of nitrogens with zero attached hydrogens (tertiary/aromatic N) is 1. The third-order valence-electron chi connectivity index (χ3n) is 5.07. The van der Waals surface area contributed by atoms with E-state index in [0.29, 0.717) is 37.7 Å². The molecule has 25 heavy (non-hydrogen) atoms. The molecule has 2 saturated heterocycles. The summed E-state index contributed by atoms with van der Waals surface area (Å²) in [5.41, 5.74) is 0.252. The average Bonchev–Trinajstić information content (AvgIpc) is 3.25. The lowest BCUT2D eigenvalue weighted by molar-refractivity contribution is -0.133. The van der Waals surface area contributed by atoms with E-state index in [2.05, 4.69) is 5.32 Å². The summed E-state index contributed by atoms with van der Waals surface area (Å²) in [4.78, 5) is 39.2. The van der Waals surface area contributed by atoms with Crippen LogP contribution in [-0.4, -0.2) is 55.3 Å². The molecule has 3 rings (SSSR count). The summed E-state index contributed by atoms with van der Waals surface area (Å²) in [6.07, 6.45) is 1.15. The van der Waals surface area contributed by atoms with Gasteiger partial charge in [0.15, 0.2) is 5.78 Å². The lowest BCUT2D eigenvalue weighted by Crippen LogP contribution is -2.47. The van der Waals surface area contributed by atoms with Gasteiger partial charge in [-0.3, -0.25) is 14.4 Å². The van der Waals surface area contributed by atoms with Crippen molar-refractivity contribution in [3.63, 3.8) is 0 Å². The van der Waals surface area contributed by atoms with E-state index in [9.17, 15) is 14.4 Å². The Labute approximate surface area is 151 Å². The molecular formula is C18H24N2O4S. The van der Waals surface area contributed by atoms with Crippen molar-refractivity contribution in [2.24, 2.45) is 11.3 Å². The average molecular weight is 364 g/mol. The van der Waals surface area contributed by atoms with Gasteiger partial charge in [0.1, 0.15) is 0 Å². The molecule has 0 bridgehead atoms. The van der Waals surface area contributed by atoms with Gasteiger partial charge in [-0.25, -0.2) is 0 Å². The number of carbonyl (C=O) groups excluding carboxylic acids is 3. The molecular weight excluding hydrogens is 340 g/mol. The molecule has 2 amide bonds. The highest BCUT2D eigenvalue weighted by Crippen LogP contribution is 2.41. The molecule has 0 saturated carbocycles. The Morgan fingerprint density at radius 1 is 1.44 bits per heavy atom. The molecule has 3 heterocycles. The van der Waals surface area contributed by atoms with Crippen LogP contribution < -0.4 is 5.32 Å². The summed E-state index contributed by atoms with van der Waals surface area (Å²) in [5, 5.41) is 4.83. The fraction of sp³-hybridized carbons (Fsp3) is 0.611. The van der Waals surface area contributed by atoms with E-state index in [-0.39, 0.29) is 29.9 Å². The van der Waals surface area contributed by atoms with Crippen molar-refractivity contribution in [2.75, 3.05) is 32.8 Å². The topological polar surface area (TPSA) is 75.7 Å². The van der Waals surface area contributed by atoms with Crippen molar-refractivity contribution in [3.8, 4) is 0 Å². The fourth-order valence-electron chi connectivity index (χ4n) is 3.60. The van der Waals surface area contributed by atoms with E-state index in [1.165, 1.54) is 18.3 Å². The van der Waals surface area contributed by atoms with Gasteiger partial charge in [0, 0.05) is 25.6 Å². The predicted octanol–water partition coefficient (Wildman–Crippen LogP) is 1.49. The number of ether oxygens (including phenoxy) is 1. The second-order valence-corrected chi connectivity index (χ2v) is 7.86. The zero-order valence-corrected chi connectivity index (χ0v) is 15.5. The molecule has 0 aliphatic carbocycles. The van der Waals surface area contributed by atoms with Gasteiger partial charge in [-0.1, -0.05) is 6.92 Å². The Morgan fingerprint density at radius 3 is 2.92 bits per heavy atom. The van der Waals surface area contributed by atoms with Crippen molar-refractivity contribution < 1.29 is 19.1 Å². The summed E-state index contributed by atoms with van der Waals surface area (Å²) in [6.45, 7) is 6.06. The summed E-state index contributed by atoms with van der Waals surface area (Å²) >= 11 is 1.37. The van der Waals surface area contributed by atoms with E-state index >= 15 is 0 Å². The molecule has 1 N–H and O–H groups in total. The van der Waals surface area contributed by atoms with E-state index in [1.54, 1.807) is 11.0 Å². The minimum Gasteiger partial charge on any atom is -0.380 e. The van der Waals surface area contributed by atoms with Gasteiger partial charge in [-0.2, -0.15) is 0 Å². The van der Waals surface area contributed by atoms with Crippen LogP contribution >= 0.6 is 11.3 Å². The lowest BCUT2D eigenvalue weighted by Gasteiger charge is -2.25. The van der Waals surface area contributed by atoms with E-state index in [0.717, 1.165) is 12.0 Å². The number of amides is 2. The third-order valence-corrected chi connectivity index (χ3v) is 6.15. The lowest BCUT2D eigenvalue weighted by atomic mass is 9.80. The van der Waals surface area contributed by atoms with Crippen LogP contribution in [0.3, 0.4) is 0 Å². The van der Waals surface area contributed by atoms with E-state index < -0.39 is 5.41 Å². The summed E-state index contributed by atoms with van der Waals surface area (Å²) in [5.74, 6) is 0.0816. The van der Waals surface area contributed by atoms with Gasteiger partial charge in [-0.15, -0.1) is 11.3 Å². The summed E-state index contributed by atoms with van der Waals surface area (Å²) < 4.78 is 5.56. The number of Topliss-reactive ketones (excluding diaryl/α,β-unsaturated/α-hetero) is 1. The molecule has 1 aromatic heterocycles. The molecule has 0 unspecified atom stereocenters. The largest absolute Gasteiger partial charge is 0.380 e. The highest BCUT2D eigenvalue weighted by atomic mass is 32.1. The van der Waals surface area contributed by atoms with Gasteiger partial charge in [0.05, 0.1) is 29.9 Å². The minimum atomic E-state index is -0.607. The van der Waals surface area contributed by atoms with Crippen LogP contribution in [0.2, 0.25) is 0 Å². The molecule has 0 spiro atoms. The molecule has 2 aliphatic heterocycles. The number of nitrogens with one attached hydrogen (secondary N) is 1. The Bertz CT molecular complexity index is 686. The number of rotatable bonds is 6. The number of fused-ring (bicyclic) bond motifs is 1. The standard InChI is InChI=1S/C18H24N2O4S/c1-3-4-19-17(23)18-10-20(7-14(18)8-24-11-18)16(22)6-13-5-15(12(2)21)25-9-13/h5,9,14H,3-4,6-8,10-11H2,1-2H3,(H,19,23)/t14-,18-/m0/s1. The van der Waals surface area contributed by atoms with Gasteiger partial charge in [0.25, 0.3) is 0 Å². The first-order chi connectivity index (χ1) is 12.0. The van der Waals surface area contributed by atoms with Crippen LogP contribution in [0.5, 0.6) is 0 Å². The SMILES string of the molecule is CCCNC(=O)[C@@]12COC[C@@H]1CN(C(=O)Cc1csc(C(C)=O)c1)C2. The van der Waals surface area contributed by atoms with Crippen LogP contribution in [0, 0.1) is 11.3 Å². The van der Waals surface area contributed by atoms with Crippen LogP contribution in [-0.2, 0) is 20.7 Å². The molecule has 1 aromatic rings. The van der Waals surface area contributed by atoms with Crippen LogP contribution in [0.4, 0.5) is 0 Å². The van der Waals surface area contributed by atoms with Crippen molar-refractivity contribution in [3.05, 3.63) is 21.9 Å².